The lowest BCUT2D eigenvalue weighted by atomic mass is 10.3. The molecule has 1 aliphatic rings. The second-order valence-electron chi connectivity index (χ2n) is 2.72. The lowest BCUT2D eigenvalue weighted by Gasteiger charge is -2.14. The van der Waals surface area contributed by atoms with Crippen molar-refractivity contribution in [3.05, 3.63) is 30.3 Å². The van der Waals surface area contributed by atoms with Gasteiger partial charge in [0.05, 0.1) is 5.69 Å². The fourth-order valence-corrected chi connectivity index (χ4v) is 1.25. The molecular weight excluding hydrogens is 173 g/mol. The van der Waals surface area contributed by atoms with Gasteiger partial charge in [-0.3, -0.25) is 0 Å². The number of alkyl halides is 1. The molecule has 1 fully saturated rings. The van der Waals surface area contributed by atoms with Crippen LogP contribution in [0.4, 0.5) is 14.9 Å². The first-order valence-electron chi connectivity index (χ1n) is 3.94. The summed E-state index contributed by atoms with van der Waals surface area (Å²) in [7, 11) is 0. The Morgan fingerprint density at radius 1 is 1.38 bits per heavy atom. The molecule has 1 unspecified atom stereocenters. The number of ether oxygens (including phenoxy) is 1. The molecule has 1 aliphatic heterocycles. The van der Waals surface area contributed by atoms with Crippen molar-refractivity contribution in [2.24, 2.45) is 0 Å². The van der Waals surface area contributed by atoms with E-state index in [2.05, 4.69) is 4.74 Å². The van der Waals surface area contributed by atoms with E-state index >= 15 is 0 Å². The van der Waals surface area contributed by atoms with Crippen molar-refractivity contribution in [3.8, 4) is 0 Å². The number of amides is 1. The second kappa shape index (κ2) is 3.05. The van der Waals surface area contributed by atoms with Gasteiger partial charge in [-0.15, -0.1) is 0 Å². The molecule has 13 heavy (non-hydrogen) atoms. The normalized spacial score (nSPS) is 21.8. The number of hydrogen-bond acceptors (Lipinski definition) is 2. The van der Waals surface area contributed by atoms with Crippen molar-refractivity contribution < 1.29 is 13.9 Å². The van der Waals surface area contributed by atoms with Crippen molar-refractivity contribution in [3.63, 3.8) is 0 Å². The van der Waals surface area contributed by atoms with Crippen LogP contribution in [0.25, 0.3) is 0 Å². The van der Waals surface area contributed by atoms with Crippen LogP contribution in [0.2, 0.25) is 0 Å². The van der Waals surface area contributed by atoms with Gasteiger partial charge in [-0.05, 0) is 12.1 Å². The summed E-state index contributed by atoms with van der Waals surface area (Å²) in [5, 5.41) is 0. The minimum Gasteiger partial charge on any atom is -0.444 e. The number of carbonyl (C=O) groups is 1. The predicted octanol–water partition coefficient (Wildman–Crippen LogP) is 1.94. The van der Waals surface area contributed by atoms with E-state index in [-0.39, 0.29) is 6.61 Å². The molecule has 0 N–H and O–H groups in total. The third-order valence-corrected chi connectivity index (χ3v) is 1.86. The van der Waals surface area contributed by atoms with E-state index in [1.165, 1.54) is 0 Å². The molecule has 1 aromatic carbocycles. The number of rotatable bonds is 1. The molecule has 1 atom stereocenters. The SMILES string of the molecule is O=C1OCC(F)N1c1ccccc1. The molecule has 4 heteroatoms. The van der Waals surface area contributed by atoms with Crippen LogP contribution in [0.15, 0.2) is 30.3 Å². The number of benzene rings is 1. The molecule has 0 spiro atoms. The van der Waals surface area contributed by atoms with Gasteiger partial charge in [0.15, 0.2) is 0 Å². The molecule has 0 saturated carbocycles. The third-order valence-electron chi connectivity index (χ3n) is 1.86. The fraction of sp³-hybridized carbons (Fsp3) is 0.222. The highest BCUT2D eigenvalue weighted by molar-refractivity contribution is 5.89. The zero-order valence-corrected chi connectivity index (χ0v) is 6.81. The maximum absolute atomic E-state index is 13.1. The van der Waals surface area contributed by atoms with E-state index in [0.29, 0.717) is 5.69 Å². The van der Waals surface area contributed by atoms with Crippen LogP contribution in [0.5, 0.6) is 0 Å². The van der Waals surface area contributed by atoms with Gasteiger partial charge in [0.25, 0.3) is 0 Å². The highest BCUT2D eigenvalue weighted by atomic mass is 19.1. The van der Waals surface area contributed by atoms with Gasteiger partial charge in [-0.2, -0.15) is 0 Å². The van der Waals surface area contributed by atoms with E-state index in [0.717, 1.165) is 4.90 Å². The summed E-state index contributed by atoms with van der Waals surface area (Å²) in [5.74, 6) is 0. The summed E-state index contributed by atoms with van der Waals surface area (Å²) in [5.41, 5.74) is 0.525. The van der Waals surface area contributed by atoms with Crippen molar-refractivity contribution in [2.45, 2.75) is 6.30 Å². The standard InChI is InChI=1S/C9H8FNO2/c10-8-6-13-9(12)11(8)7-4-2-1-3-5-7/h1-5,8H,6H2. The monoisotopic (exact) mass is 181 g/mol. The Morgan fingerprint density at radius 2 is 2.08 bits per heavy atom. The summed E-state index contributed by atoms with van der Waals surface area (Å²) in [6.07, 6.45) is -1.99. The summed E-state index contributed by atoms with van der Waals surface area (Å²) in [6, 6.07) is 8.62. The zero-order valence-electron chi connectivity index (χ0n) is 6.81. The van der Waals surface area contributed by atoms with Crippen LogP contribution in [0, 0.1) is 0 Å². The van der Waals surface area contributed by atoms with Crippen LogP contribution in [0.1, 0.15) is 0 Å². The molecular formula is C9H8FNO2. The molecule has 1 aromatic rings. The smallest absolute Gasteiger partial charge is 0.416 e. The van der Waals surface area contributed by atoms with Gasteiger partial charge in [-0.25, -0.2) is 14.1 Å². The van der Waals surface area contributed by atoms with E-state index in [9.17, 15) is 9.18 Å². The first-order valence-corrected chi connectivity index (χ1v) is 3.94. The van der Waals surface area contributed by atoms with Crippen LogP contribution in [-0.2, 0) is 4.74 Å². The molecule has 1 amide bonds. The van der Waals surface area contributed by atoms with Gasteiger partial charge in [-0.1, -0.05) is 18.2 Å². The largest absolute Gasteiger partial charge is 0.444 e. The van der Waals surface area contributed by atoms with Crippen molar-refractivity contribution >= 4 is 11.8 Å². The molecule has 1 heterocycles. The number of cyclic esters (lactones) is 1. The van der Waals surface area contributed by atoms with Gasteiger partial charge < -0.3 is 4.74 Å². The van der Waals surface area contributed by atoms with Crippen molar-refractivity contribution in [1.82, 2.24) is 0 Å². The van der Waals surface area contributed by atoms with E-state index in [4.69, 9.17) is 0 Å². The fourth-order valence-electron chi connectivity index (χ4n) is 1.25. The topological polar surface area (TPSA) is 29.5 Å². The Hall–Kier alpha value is -1.58. The molecule has 3 nitrogen and oxygen atoms in total. The molecule has 1 saturated heterocycles. The Labute approximate surface area is 74.7 Å². The first kappa shape index (κ1) is 8.04. The van der Waals surface area contributed by atoms with E-state index in [1.54, 1.807) is 30.3 Å². The third kappa shape index (κ3) is 1.35. The summed E-state index contributed by atoms with van der Waals surface area (Å²) < 4.78 is 17.6. The lowest BCUT2D eigenvalue weighted by molar-refractivity contribution is 0.170. The van der Waals surface area contributed by atoms with Crippen LogP contribution in [0.3, 0.4) is 0 Å². The summed E-state index contributed by atoms with van der Waals surface area (Å²) >= 11 is 0. The molecule has 0 bridgehead atoms. The average Bonchev–Trinajstić information content (AvgIpc) is 2.48. The Morgan fingerprint density at radius 3 is 2.62 bits per heavy atom. The predicted molar refractivity (Wildman–Crippen MR) is 45.2 cm³/mol. The van der Waals surface area contributed by atoms with E-state index in [1.807, 2.05) is 0 Å². The molecule has 0 aromatic heterocycles. The average molecular weight is 181 g/mol. The molecule has 2 rings (SSSR count). The number of nitrogens with zero attached hydrogens (tertiary/aromatic N) is 1. The maximum atomic E-state index is 13.1. The number of halogens is 1. The lowest BCUT2D eigenvalue weighted by Crippen LogP contribution is -2.29. The van der Waals surface area contributed by atoms with Gasteiger partial charge in [0, 0.05) is 0 Å². The number of anilines is 1. The van der Waals surface area contributed by atoms with Crippen LogP contribution in [-0.4, -0.2) is 19.0 Å². The van der Waals surface area contributed by atoms with Crippen molar-refractivity contribution in [2.75, 3.05) is 11.5 Å². The first-order chi connectivity index (χ1) is 6.29. The maximum Gasteiger partial charge on any atom is 0.416 e. The summed E-state index contributed by atoms with van der Waals surface area (Å²) in [4.78, 5) is 12.0. The summed E-state index contributed by atoms with van der Waals surface area (Å²) in [6.45, 7) is -0.187. The Balaban J connectivity index is 2.30. The minimum atomic E-state index is -1.37. The second-order valence-corrected chi connectivity index (χ2v) is 2.72. The van der Waals surface area contributed by atoms with Crippen molar-refractivity contribution in [1.29, 1.82) is 0 Å². The number of para-hydroxylation sites is 1. The Bertz CT molecular complexity index is 315. The highest BCUT2D eigenvalue weighted by Crippen LogP contribution is 2.22. The van der Waals surface area contributed by atoms with E-state index < -0.39 is 12.4 Å². The van der Waals surface area contributed by atoms with Crippen LogP contribution >= 0.6 is 0 Å². The van der Waals surface area contributed by atoms with Gasteiger partial charge in [0.1, 0.15) is 6.61 Å². The quantitative estimate of drug-likeness (QED) is 0.619. The highest BCUT2D eigenvalue weighted by Gasteiger charge is 2.33. The van der Waals surface area contributed by atoms with Crippen LogP contribution < -0.4 is 4.90 Å². The number of carbonyl (C=O) groups excluding carboxylic acids is 1. The number of hydrogen-bond donors (Lipinski definition) is 0. The van der Waals surface area contributed by atoms with Gasteiger partial charge >= 0.3 is 6.09 Å². The molecule has 0 aliphatic carbocycles. The molecule has 68 valence electrons. The zero-order chi connectivity index (χ0) is 9.26. The minimum absolute atomic E-state index is 0.187. The van der Waals surface area contributed by atoms with Gasteiger partial charge in [0.2, 0.25) is 6.30 Å². The Kier molecular flexibility index (Phi) is 1.88. The molecule has 0 radical (unpaired) electrons.